The molecule has 1 aromatic rings. The Morgan fingerprint density at radius 3 is 2.38 bits per heavy atom. The number of hydrogen-bond donors (Lipinski definition) is 0. The van der Waals surface area contributed by atoms with Crippen LogP contribution in [0.15, 0.2) is 18.2 Å². The summed E-state index contributed by atoms with van der Waals surface area (Å²) in [6.45, 7) is 9.89. The van der Waals surface area contributed by atoms with Crippen LogP contribution in [0.1, 0.15) is 62.6 Å². The van der Waals surface area contributed by atoms with Crippen LogP contribution in [-0.4, -0.2) is 41.9 Å². The van der Waals surface area contributed by atoms with Gasteiger partial charge in [-0.2, -0.15) is 13.2 Å². The molecule has 162 valence electrons. The van der Waals surface area contributed by atoms with E-state index in [2.05, 4.69) is 18.7 Å². The van der Waals surface area contributed by atoms with E-state index in [0.717, 1.165) is 38.5 Å². The van der Waals surface area contributed by atoms with Gasteiger partial charge in [0.05, 0.1) is 11.0 Å². The maximum atomic E-state index is 13.4. The van der Waals surface area contributed by atoms with Crippen molar-refractivity contribution in [3.63, 3.8) is 0 Å². The largest absolute Gasteiger partial charge is 0.416 e. The van der Waals surface area contributed by atoms with Gasteiger partial charge in [0.1, 0.15) is 0 Å². The maximum Gasteiger partial charge on any atom is 0.416 e. The highest BCUT2D eigenvalue weighted by Gasteiger charge is 2.48. The van der Waals surface area contributed by atoms with Crippen molar-refractivity contribution >= 4 is 5.91 Å². The summed E-state index contributed by atoms with van der Waals surface area (Å²) in [6, 6.07) is 4.10. The van der Waals surface area contributed by atoms with Crippen LogP contribution < -0.4 is 0 Å². The molecule has 0 spiro atoms. The number of likely N-dealkylation sites (tertiary alicyclic amines) is 2. The van der Waals surface area contributed by atoms with Crippen LogP contribution >= 0.6 is 0 Å². The van der Waals surface area contributed by atoms with Crippen molar-refractivity contribution < 1.29 is 18.0 Å². The van der Waals surface area contributed by atoms with Gasteiger partial charge in [-0.3, -0.25) is 4.79 Å². The third kappa shape index (κ3) is 4.96. The summed E-state index contributed by atoms with van der Waals surface area (Å²) in [7, 11) is 0. The van der Waals surface area contributed by atoms with Gasteiger partial charge >= 0.3 is 6.18 Å². The minimum absolute atomic E-state index is 0.111. The fraction of sp³-hybridized carbons (Fsp3) is 0.696. The summed E-state index contributed by atoms with van der Waals surface area (Å²) in [4.78, 5) is 17.6. The van der Waals surface area contributed by atoms with Crippen molar-refractivity contribution in [1.82, 2.24) is 9.80 Å². The first kappa shape index (κ1) is 22.1. The van der Waals surface area contributed by atoms with E-state index in [4.69, 9.17) is 0 Å². The average Bonchev–Trinajstić information content (AvgIpc) is 2.97. The number of carbonyl (C=O) groups is 1. The molecule has 1 unspecified atom stereocenters. The molecule has 0 N–H and O–H groups in total. The SMILES string of the molecule is Cc1cc(CN2CCC(CCN3CCCCC3)(C(C)C)C2=O)cc(C(F)(F)F)c1. The number of alkyl halides is 3. The van der Waals surface area contributed by atoms with Crippen LogP contribution in [-0.2, 0) is 17.5 Å². The molecular weight excluding hydrogens is 377 g/mol. The van der Waals surface area contributed by atoms with E-state index in [0.29, 0.717) is 17.7 Å². The smallest absolute Gasteiger partial charge is 0.338 e. The summed E-state index contributed by atoms with van der Waals surface area (Å²) in [5.74, 6) is 0.326. The van der Waals surface area contributed by atoms with Gasteiger partial charge in [0.2, 0.25) is 5.91 Å². The topological polar surface area (TPSA) is 23.6 Å². The molecule has 1 atom stereocenters. The van der Waals surface area contributed by atoms with Crippen molar-refractivity contribution in [2.45, 2.75) is 65.6 Å². The van der Waals surface area contributed by atoms with Crippen LogP contribution in [0, 0.1) is 18.3 Å². The minimum Gasteiger partial charge on any atom is -0.338 e. The van der Waals surface area contributed by atoms with Gasteiger partial charge in [-0.15, -0.1) is 0 Å². The lowest BCUT2D eigenvalue weighted by atomic mass is 9.73. The van der Waals surface area contributed by atoms with Gasteiger partial charge in [0, 0.05) is 13.1 Å². The molecular formula is C23H33F3N2O. The molecule has 6 heteroatoms. The van der Waals surface area contributed by atoms with Crippen LogP contribution in [0.4, 0.5) is 13.2 Å². The number of aryl methyl sites for hydroxylation is 1. The van der Waals surface area contributed by atoms with E-state index in [1.165, 1.54) is 25.3 Å². The van der Waals surface area contributed by atoms with Gasteiger partial charge in [0.25, 0.3) is 0 Å². The first-order valence-electron chi connectivity index (χ1n) is 10.8. The average molecular weight is 411 g/mol. The zero-order valence-electron chi connectivity index (χ0n) is 17.8. The number of amides is 1. The molecule has 0 aliphatic carbocycles. The zero-order chi connectivity index (χ0) is 21.2. The minimum atomic E-state index is -4.37. The van der Waals surface area contributed by atoms with Crippen molar-refractivity contribution in [2.24, 2.45) is 11.3 Å². The van der Waals surface area contributed by atoms with Crippen molar-refractivity contribution in [1.29, 1.82) is 0 Å². The Morgan fingerprint density at radius 2 is 1.76 bits per heavy atom. The van der Waals surface area contributed by atoms with Crippen molar-refractivity contribution in [2.75, 3.05) is 26.2 Å². The Morgan fingerprint density at radius 1 is 1.07 bits per heavy atom. The molecule has 0 aromatic heterocycles. The molecule has 2 aliphatic heterocycles. The maximum absolute atomic E-state index is 13.4. The van der Waals surface area contributed by atoms with Crippen LogP contribution in [0.3, 0.4) is 0 Å². The number of rotatable bonds is 6. The molecule has 2 heterocycles. The lowest BCUT2D eigenvalue weighted by Gasteiger charge is -2.35. The summed E-state index contributed by atoms with van der Waals surface area (Å²) >= 11 is 0. The van der Waals surface area contributed by atoms with Gasteiger partial charge in [-0.1, -0.05) is 31.9 Å². The Labute approximate surface area is 172 Å². The highest BCUT2D eigenvalue weighted by molar-refractivity contribution is 5.85. The second-order valence-corrected chi connectivity index (χ2v) is 9.14. The number of halogens is 3. The summed E-state index contributed by atoms with van der Waals surface area (Å²) in [5, 5.41) is 0. The number of nitrogens with zero attached hydrogens (tertiary/aromatic N) is 2. The Balaban J connectivity index is 1.72. The van der Waals surface area contributed by atoms with Crippen LogP contribution in [0.5, 0.6) is 0 Å². The molecule has 3 nitrogen and oxygen atoms in total. The quantitative estimate of drug-likeness (QED) is 0.638. The first-order chi connectivity index (χ1) is 13.6. The standard InChI is InChI=1S/C23H33F3N2O/c1-17(2)22(7-11-27-9-5-4-6-10-27)8-12-28(21(22)29)16-19-13-18(3)14-20(15-19)23(24,25)26/h13-15,17H,4-12,16H2,1-3H3. The number of hydrogen-bond acceptors (Lipinski definition) is 2. The Hall–Kier alpha value is -1.56. The molecule has 1 amide bonds. The van der Waals surface area contributed by atoms with Crippen molar-refractivity contribution in [3.8, 4) is 0 Å². The number of carbonyl (C=O) groups excluding carboxylic acids is 1. The molecule has 2 fully saturated rings. The summed E-state index contributed by atoms with van der Waals surface area (Å²) < 4.78 is 39.5. The normalized spacial score (nSPS) is 24.0. The third-order valence-corrected chi connectivity index (χ3v) is 6.81. The Kier molecular flexibility index (Phi) is 6.61. The predicted octanol–water partition coefficient (Wildman–Crippen LogP) is 5.26. The van der Waals surface area contributed by atoms with Crippen LogP contribution in [0.25, 0.3) is 0 Å². The van der Waals surface area contributed by atoms with Crippen LogP contribution in [0.2, 0.25) is 0 Å². The zero-order valence-corrected chi connectivity index (χ0v) is 17.8. The van der Waals surface area contributed by atoms with Gasteiger partial charge < -0.3 is 9.80 Å². The Bertz CT molecular complexity index is 725. The highest BCUT2D eigenvalue weighted by atomic mass is 19.4. The third-order valence-electron chi connectivity index (χ3n) is 6.81. The molecule has 29 heavy (non-hydrogen) atoms. The summed E-state index contributed by atoms with van der Waals surface area (Å²) in [5.41, 5.74) is 0.0935. The van der Waals surface area contributed by atoms with Gasteiger partial charge in [-0.05, 0) is 75.9 Å². The lowest BCUT2D eigenvalue weighted by Crippen LogP contribution is -2.41. The fourth-order valence-electron chi connectivity index (χ4n) is 4.94. The second kappa shape index (κ2) is 8.66. The van der Waals surface area contributed by atoms with Gasteiger partial charge in [-0.25, -0.2) is 0 Å². The molecule has 3 rings (SSSR count). The van der Waals surface area contributed by atoms with Crippen molar-refractivity contribution in [3.05, 3.63) is 34.9 Å². The van der Waals surface area contributed by atoms with E-state index in [-0.39, 0.29) is 18.4 Å². The monoisotopic (exact) mass is 410 g/mol. The second-order valence-electron chi connectivity index (χ2n) is 9.14. The lowest BCUT2D eigenvalue weighted by molar-refractivity contribution is -0.139. The van der Waals surface area contributed by atoms with E-state index in [1.807, 2.05) is 0 Å². The number of piperidine rings is 1. The van der Waals surface area contributed by atoms with Gasteiger partial charge in [0.15, 0.2) is 0 Å². The van der Waals surface area contributed by atoms with E-state index in [9.17, 15) is 18.0 Å². The first-order valence-corrected chi connectivity index (χ1v) is 10.8. The fourth-order valence-corrected chi connectivity index (χ4v) is 4.94. The van der Waals surface area contributed by atoms with E-state index in [1.54, 1.807) is 17.9 Å². The predicted molar refractivity (Wildman–Crippen MR) is 108 cm³/mol. The molecule has 0 bridgehead atoms. The molecule has 0 radical (unpaired) electrons. The molecule has 2 aliphatic rings. The van der Waals surface area contributed by atoms with E-state index < -0.39 is 17.2 Å². The molecule has 2 saturated heterocycles. The number of benzene rings is 1. The molecule has 0 saturated carbocycles. The summed E-state index contributed by atoms with van der Waals surface area (Å²) in [6.07, 6.45) is 0.991. The van der Waals surface area contributed by atoms with E-state index >= 15 is 0 Å². The highest BCUT2D eigenvalue weighted by Crippen LogP contribution is 2.43. The molecule has 1 aromatic carbocycles.